The summed E-state index contributed by atoms with van der Waals surface area (Å²) in [5.41, 5.74) is 1.17. The zero-order valence-corrected chi connectivity index (χ0v) is 15.5. The fraction of sp³-hybridized carbons (Fsp3) is 0.364. The summed E-state index contributed by atoms with van der Waals surface area (Å²) in [5, 5.41) is 0. The minimum absolute atomic E-state index is 0.0595. The van der Waals surface area contributed by atoms with Gasteiger partial charge in [-0.3, -0.25) is 9.59 Å². The van der Waals surface area contributed by atoms with E-state index in [0.717, 1.165) is 25.0 Å². The van der Waals surface area contributed by atoms with Crippen molar-refractivity contribution >= 4 is 11.8 Å². The lowest BCUT2D eigenvalue weighted by Crippen LogP contribution is -2.44. The first-order chi connectivity index (χ1) is 13.2. The molecule has 1 aromatic heterocycles. The van der Waals surface area contributed by atoms with E-state index in [0.29, 0.717) is 19.6 Å². The summed E-state index contributed by atoms with van der Waals surface area (Å²) >= 11 is 0. The van der Waals surface area contributed by atoms with E-state index in [9.17, 15) is 9.59 Å². The molecule has 1 saturated carbocycles. The van der Waals surface area contributed by atoms with Crippen LogP contribution >= 0.6 is 0 Å². The van der Waals surface area contributed by atoms with Crippen LogP contribution in [0.4, 0.5) is 0 Å². The zero-order chi connectivity index (χ0) is 19.1. The molecule has 1 aliphatic rings. The van der Waals surface area contributed by atoms with E-state index in [-0.39, 0.29) is 24.3 Å². The van der Waals surface area contributed by atoms with E-state index < -0.39 is 0 Å². The first-order valence-corrected chi connectivity index (χ1v) is 9.41. The van der Waals surface area contributed by atoms with Crippen molar-refractivity contribution in [2.24, 2.45) is 5.92 Å². The van der Waals surface area contributed by atoms with Gasteiger partial charge < -0.3 is 14.2 Å². The van der Waals surface area contributed by atoms with Crippen molar-refractivity contribution in [2.75, 3.05) is 19.6 Å². The van der Waals surface area contributed by atoms with E-state index in [4.69, 9.17) is 4.42 Å². The molecule has 5 heteroatoms. The predicted octanol–water partition coefficient (Wildman–Crippen LogP) is 3.28. The van der Waals surface area contributed by atoms with Gasteiger partial charge in [0.1, 0.15) is 12.3 Å². The highest BCUT2D eigenvalue weighted by molar-refractivity contribution is 5.87. The average molecular weight is 366 g/mol. The van der Waals surface area contributed by atoms with Crippen LogP contribution in [0, 0.1) is 5.92 Å². The monoisotopic (exact) mass is 366 g/mol. The highest BCUT2D eigenvalue weighted by Crippen LogP contribution is 2.31. The normalized spacial score (nSPS) is 13.2. The van der Waals surface area contributed by atoms with Crippen LogP contribution in [0.25, 0.3) is 0 Å². The number of carbonyl (C=O) groups is 2. The second-order valence-corrected chi connectivity index (χ2v) is 6.91. The van der Waals surface area contributed by atoms with Crippen LogP contribution in [0.3, 0.4) is 0 Å². The van der Waals surface area contributed by atoms with Crippen LogP contribution in [-0.4, -0.2) is 41.2 Å². The predicted molar refractivity (Wildman–Crippen MR) is 104 cm³/mol. The molecule has 1 heterocycles. The first kappa shape index (κ1) is 19.0. The quantitative estimate of drug-likeness (QED) is 0.607. The first-order valence-electron chi connectivity index (χ1n) is 9.41. The molecule has 0 radical (unpaired) electrons. The summed E-state index contributed by atoms with van der Waals surface area (Å²) in [6.45, 7) is 5.17. The third kappa shape index (κ3) is 5.58. The van der Waals surface area contributed by atoms with Crippen LogP contribution in [0.15, 0.2) is 65.8 Å². The average Bonchev–Trinajstić information content (AvgIpc) is 3.41. The molecule has 0 saturated heterocycles. The molecule has 1 fully saturated rings. The van der Waals surface area contributed by atoms with E-state index in [1.54, 1.807) is 22.1 Å². The fourth-order valence-corrected chi connectivity index (χ4v) is 3.03. The van der Waals surface area contributed by atoms with Crippen molar-refractivity contribution in [1.29, 1.82) is 0 Å². The smallest absolute Gasteiger partial charge is 0.242 e. The molecule has 1 aliphatic carbocycles. The van der Waals surface area contributed by atoms with Crippen molar-refractivity contribution in [1.82, 2.24) is 9.80 Å². The van der Waals surface area contributed by atoms with Gasteiger partial charge >= 0.3 is 0 Å². The van der Waals surface area contributed by atoms with Gasteiger partial charge in [0.25, 0.3) is 0 Å². The SMILES string of the molecule is C=CCN(CC(=O)N(CCc1ccccc1)Cc1ccco1)C(=O)C1CC1. The Labute approximate surface area is 160 Å². The van der Waals surface area contributed by atoms with E-state index >= 15 is 0 Å². The minimum atomic E-state index is -0.0711. The number of benzene rings is 1. The third-order valence-electron chi connectivity index (χ3n) is 4.71. The number of furan rings is 1. The number of hydrogen-bond donors (Lipinski definition) is 0. The van der Waals surface area contributed by atoms with Crippen molar-refractivity contribution in [3.8, 4) is 0 Å². The number of hydrogen-bond acceptors (Lipinski definition) is 3. The Morgan fingerprint density at radius 2 is 1.89 bits per heavy atom. The fourth-order valence-electron chi connectivity index (χ4n) is 3.03. The van der Waals surface area contributed by atoms with Crippen molar-refractivity contribution in [3.05, 3.63) is 72.7 Å². The number of carbonyl (C=O) groups excluding carboxylic acids is 2. The summed E-state index contributed by atoms with van der Waals surface area (Å²) < 4.78 is 5.42. The van der Waals surface area contributed by atoms with Gasteiger partial charge in [-0.25, -0.2) is 0 Å². The van der Waals surface area contributed by atoms with Crippen LogP contribution in [0.1, 0.15) is 24.2 Å². The highest BCUT2D eigenvalue weighted by atomic mass is 16.3. The van der Waals surface area contributed by atoms with Crippen molar-refractivity contribution < 1.29 is 14.0 Å². The highest BCUT2D eigenvalue weighted by Gasteiger charge is 2.34. The molecule has 0 N–H and O–H groups in total. The molecular formula is C22H26N2O3. The molecular weight excluding hydrogens is 340 g/mol. The Morgan fingerprint density at radius 1 is 1.11 bits per heavy atom. The van der Waals surface area contributed by atoms with Gasteiger partial charge in [-0.2, -0.15) is 0 Å². The molecule has 0 spiro atoms. The van der Waals surface area contributed by atoms with Gasteiger partial charge in [0.2, 0.25) is 11.8 Å². The number of nitrogens with zero attached hydrogens (tertiary/aromatic N) is 2. The maximum Gasteiger partial charge on any atom is 0.242 e. The van der Waals surface area contributed by atoms with Crippen LogP contribution in [0.2, 0.25) is 0 Å². The van der Waals surface area contributed by atoms with Gasteiger partial charge in [0, 0.05) is 19.0 Å². The summed E-state index contributed by atoms with van der Waals surface area (Å²) in [5.74, 6) is 0.809. The molecule has 2 amide bonds. The Bertz CT molecular complexity index is 751. The van der Waals surface area contributed by atoms with Crippen LogP contribution in [0.5, 0.6) is 0 Å². The summed E-state index contributed by atoms with van der Waals surface area (Å²) in [6, 6.07) is 13.7. The molecule has 27 heavy (non-hydrogen) atoms. The molecule has 142 valence electrons. The van der Waals surface area contributed by atoms with Crippen molar-refractivity contribution in [2.45, 2.75) is 25.8 Å². The zero-order valence-electron chi connectivity index (χ0n) is 15.5. The molecule has 0 atom stereocenters. The Balaban J connectivity index is 1.66. The van der Waals surface area contributed by atoms with Gasteiger partial charge in [-0.05, 0) is 37.0 Å². The van der Waals surface area contributed by atoms with E-state index in [1.165, 1.54) is 5.56 Å². The molecule has 0 bridgehead atoms. The van der Waals surface area contributed by atoms with Gasteiger partial charge in [-0.15, -0.1) is 6.58 Å². The summed E-state index contributed by atoms with van der Waals surface area (Å²) in [6.07, 6.45) is 5.88. The Hall–Kier alpha value is -2.82. The topological polar surface area (TPSA) is 53.8 Å². The molecule has 2 aromatic rings. The molecule has 0 aliphatic heterocycles. The van der Waals surface area contributed by atoms with E-state index in [1.807, 2.05) is 30.3 Å². The summed E-state index contributed by atoms with van der Waals surface area (Å²) in [4.78, 5) is 28.8. The standard InChI is InChI=1S/C22H26N2O3/c1-2-13-24(22(26)19-10-11-19)17-21(25)23(16-20-9-6-15-27-20)14-12-18-7-4-3-5-8-18/h2-9,15,19H,1,10-14,16-17H2. The maximum absolute atomic E-state index is 13.0. The largest absolute Gasteiger partial charge is 0.467 e. The molecule has 1 aromatic carbocycles. The lowest BCUT2D eigenvalue weighted by molar-refractivity contribution is -0.141. The third-order valence-corrected chi connectivity index (χ3v) is 4.71. The van der Waals surface area contributed by atoms with Crippen LogP contribution < -0.4 is 0 Å². The lowest BCUT2D eigenvalue weighted by Gasteiger charge is -2.27. The molecule has 5 nitrogen and oxygen atoms in total. The minimum Gasteiger partial charge on any atom is -0.467 e. The van der Waals surface area contributed by atoms with Gasteiger partial charge in [-0.1, -0.05) is 36.4 Å². The van der Waals surface area contributed by atoms with Gasteiger partial charge in [0.15, 0.2) is 0 Å². The Morgan fingerprint density at radius 3 is 2.52 bits per heavy atom. The van der Waals surface area contributed by atoms with Crippen molar-refractivity contribution in [3.63, 3.8) is 0 Å². The second-order valence-electron chi connectivity index (χ2n) is 6.91. The summed E-state index contributed by atoms with van der Waals surface area (Å²) in [7, 11) is 0. The maximum atomic E-state index is 13.0. The van der Waals surface area contributed by atoms with Crippen LogP contribution in [-0.2, 0) is 22.6 Å². The van der Waals surface area contributed by atoms with E-state index in [2.05, 4.69) is 18.7 Å². The number of amides is 2. The molecule has 3 rings (SSSR count). The second kappa shape index (κ2) is 9.21. The molecule has 0 unspecified atom stereocenters. The number of rotatable bonds is 10. The lowest BCUT2D eigenvalue weighted by atomic mass is 10.1. The van der Waals surface area contributed by atoms with Gasteiger partial charge in [0.05, 0.1) is 12.8 Å². The Kier molecular flexibility index (Phi) is 6.47.